The first-order valence-electron chi connectivity index (χ1n) is 4.89. The molecular weight excluding hydrogens is 245 g/mol. The Hall–Kier alpha value is -1.76. The molecule has 90 valence electrons. The minimum absolute atomic E-state index is 0.0727. The van der Waals surface area contributed by atoms with Crippen molar-refractivity contribution in [1.29, 1.82) is 0 Å². The Balaban J connectivity index is 2.11. The quantitative estimate of drug-likeness (QED) is 0.761. The van der Waals surface area contributed by atoms with Crippen LogP contribution in [0.25, 0.3) is 0 Å². The SMILES string of the molecule is O=S(=O)(CCn1cnnc1)c1ccc(F)cc1. The van der Waals surface area contributed by atoms with E-state index in [2.05, 4.69) is 10.2 Å². The van der Waals surface area contributed by atoms with Crippen molar-refractivity contribution >= 4 is 9.84 Å². The van der Waals surface area contributed by atoms with E-state index in [-0.39, 0.29) is 17.2 Å². The normalized spacial score (nSPS) is 11.6. The minimum atomic E-state index is -3.40. The zero-order valence-corrected chi connectivity index (χ0v) is 9.64. The molecular formula is C10H10FN3O2S. The van der Waals surface area contributed by atoms with Gasteiger partial charge in [-0.05, 0) is 24.3 Å². The Morgan fingerprint density at radius 1 is 1.12 bits per heavy atom. The number of nitrogens with zero attached hydrogens (tertiary/aromatic N) is 3. The molecule has 1 aromatic heterocycles. The lowest BCUT2D eigenvalue weighted by Crippen LogP contribution is -2.12. The molecule has 2 rings (SSSR count). The molecule has 0 spiro atoms. The van der Waals surface area contributed by atoms with E-state index in [9.17, 15) is 12.8 Å². The van der Waals surface area contributed by atoms with Crippen LogP contribution >= 0.6 is 0 Å². The fraction of sp³-hybridized carbons (Fsp3) is 0.200. The van der Waals surface area contributed by atoms with Crippen molar-refractivity contribution in [3.8, 4) is 0 Å². The summed E-state index contributed by atoms with van der Waals surface area (Å²) in [5.74, 6) is -0.529. The topological polar surface area (TPSA) is 64.8 Å². The maximum absolute atomic E-state index is 12.7. The average molecular weight is 255 g/mol. The third-order valence-electron chi connectivity index (χ3n) is 2.26. The number of aromatic nitrogens is 3. The van der Waals surface area contributed by atoms with Crippen molar-refractivity contribution in [1.82, 2.24) is 14.8 Å². The molecule has 0 unspecified atom stereocenters. The minimum Gasteiger partial charge on any atom is -0.319 e. The van der Waals surface area contributed by atoms with Gasteiger partial charge >= 0.3 is 0 Å². The first-order valence-corrected chi connectivity index (χ1v) is 6.54. The van der Waals surface area contributed by atoms with Crippen LogP contribution in [0.1, 0.15) is 0 Å². The molecule has 0 aliphatic heterocycles. The number of rotatable bonds is 4. The highest BCUT2D eigenvalue weighted by atomic mass is 32.2. The van der Waals surface area contributed by atoms with E-state index in [4.69, 9.17) is 0 Å². The van der Waals surface area contributed by atoms with E-state index in [1.54, 1.807) is 4.57 Å². The van der Waals surface area contributed by atoms with Gasteiger partial charge in [0, 0.05) is 6.54 Å². The second-order valence-electron chi connectivity index (χ2n) is 3.47. The lowest BCUT2D eigenvalue weighted by molar-refractivity contribution is 0.587. The van der Waals surface area contributed by atoms with Gasteiger partial charge in [0.2, 0.25) is 0 Å². The molecule has 0 aliphatic carbocycles. The van der Waals surface area contributed by atoms with E-state index >= 15 is 0 Å². The standard InChI is InChI=1S/C10H10FN3O2S/c11-9-1-3-10(4-2-9)17(15,16)6-5-14-7-12-13-8-14/h1-4,7-8H,5-6H2. The molecule has 0 saturated carbocycles. The van der Waals surface area contributed by atoms with E-state index in [0.717, 1.165) is 12.1 Å². The van der Waals surface area contributed by atoms with Gasteiger partial charge in [-0.25, -0.2) is 12.8 Å². The van der Waals surface area contributed by atoms with Gasteiger partial charge in [-0.2, -0.15) is 0 Å². The fourth-order valence-electron chi connectivity index (χ4n) is 1.32. The van der Waals surface area contributed by atoms with Crippen molar-refractivity contribution in [3.63, 3.8) is 0 Å². The molecule has 0 amide bonds. The highest BCUT2D eigenvalue weighted by Gasteiger charge is 2.14. The largest absolute Gasteiger partial charge is 0.319 e. The molecule has 17 heavy (non-hydrogen) atoms. The number of hydrogen-bond acceptors (Lipinski definition) is 4. The zero-order valence-electron chi connectivity index (χ0n) is 8.82. The predicted octanol–water partition coefficient (Wildman–Crippen LogP) is 0.891. The summed E-state index contributed by atoms with van der Waals surface area (Å²) in [6.45, 7) is 0.271. The first kappa shape index (κ1) is 11.7. The molecule has 0 aliphatic rings. The number of sulfone groups is 1. The fourth-order valence-corrected chi connectivity index (χ4v) is 2.56. The predicted molar refractivity (Wildman–Crippen MR) is 58.5 cm³/mol. The van der Waals surface area contributed by atoms with Crippen molar-refractivity contribution in [3.05, 3.63) is 42.7 Å². The molecule has 0 N–H and O–H groups in total. The molecule has 0 bridgehead atoms. The number of hydrogen-bond donors (Lipinski definition) is 0. The Kier molecular flexibility index (Phi) is 3.19. The summed E-state index contributed by atoms with van der Waals surface area (Å²) in [5, 5.41) is 7.15. The van der Waals surface area contributed by atoms with Crippen LogP contribution in [0.15, 0.2) is 41.8 Å². The Morgan fingerprint density at radius 2 is 1.71 bits per heavy atom. The van der Waals surface area contributed by atoms with E-state index in [1.165, 1.54) is 24.8 Å². The Bertz CT molecular complexity index is 579. The highest BCUT2D eigenvalue weighted by molar-refractivity contribution is 7.91. The molecule has 5 nitrogen and oxygen atoms in total. The number of aryl methyl sites for hydroxylation is 1. The molecule has 0 radical (unpaired) electrons. The first-order chi connectivity index (χ1) is 8.08. The summed E-state index contributed by atoms with van der Waals surface area (Å²) < 4.78 is 38.0. The smallest absolute Gasteiger partial charge is 0.180 e. The van der Waals surface area contributed by atoms with E-state index in [1.807, 2.05) is 0 Å². The summed E-state index contributed by atoms with van der Waals surface area (Å²) in [4.78, 5) is 0.118. The Labute approximate surface area is 97.8 Å². The van der Waals surface area contributed by atoms with Crippen LogP contribution in [-0.2, 0) is 16.4 Å². The van der Waals surface area contributed by atoms with Gasteiger partial charge in [-0.15, -0.1) is 10.2 Å². The van der Waals surface area contributed by atoms with Crippen LogP contribution in [-0.4, -0.2) is 28.9 Å². The lowest BCUT2D eigenvalue weighted by Gasteiger charge is -2.04. The van der Waals surface area contributed by atoms with Crippen molar-refractivity contribution < 1.29 is 12.8 Å². The molecule has 0 atom stereocenters. The zero-order chi connectivity index (χ0) is 12.3. The second kappa shape index (κ2) is 4.62. The second-order valence-corrected chi connectivity index (χ2v) is 5.58. The van der Waals surface area contributed by atoms with Crippen LogP contribution < -0.4 is 0 Å². The van der Waals surface area contributed by atoms with Gasteiger partial charge in [0.25, 0.3) is 0 Å². The maximum atomic E-state index is 12.7. The van der Waals surface area contributed by atoms with Crippen LogP contribution in [0.3, 0.4) is 0 Å². The van der Waals surface area contributed by atoms with Gasteiger partial charge in [0.15, 0.2) is 9.84 Å². The van der Waals surface area contributed by atoms with Crippen LogP contribution in [0.5, 0.6) is 0 Å². The van der Waals surface area contributed by atoms with Gasteiger partial charge < -0.3 is 4.57 Å². The third-order valence-corrected chi connectivity index (χ3v) is 3.97. The van der Waals surface area contributed by atoms with Crippen molar-refractivity contribution in [2.45, 2.75) is 11.4 Å². The molecule has 0 saturated heterocycles. The third kappa shape index (κ3) is 2.88. The Morgan fingerprint density at radius 3 is 2.29 bits per heavy atom. The van der Waals surface area contributed by atoms with Crippen molar-refractivity contribution in [2.24, 2.45) is 0 Å². The summed E-state index contributed by atoms with van der Waals surface area (Å²) in [6, 6.07) is 4.78. The number of halogens is 1. The summed E-state index contributed by atoms with van der Waals surface area (Å²) >= 11 is 0. The van der Waals surface area contributed by atoms with Crippen LogP contribution in [0.2, 0.25) is 0 Å². The van der Waals surface area contributed by atoms with Gasteiger partial charge in [0.1, 0.15) is 18.5 Å². The summed E-state index contributed by atoms with van der Waals surface area (Å²) in [5.41, 5.74) is 0. The monoisotopic (exact) mass is 255 g/mol. The highest BCUT2D eigenvalue weighted by Crippen LogP contribution is 2.12. The molecule has 2 aromatic rings. The van der Waals surface area contributed by atoms with Crippen LogP contribution in [0.4, 0.5) is 4.39 Å². The molecule has 7 heteroatoms. The summed E-state index contributed by atoms with van der Waals surface area (Å²) in [6.07, 6.45) is 2.89. The van der Waals surface area contributed by atoms with Gasteiger partial charge in [-0.1, -0.05) is 0 Å². The van der Waals surface area contributed by atoms with Crippen LogP contribution in [0, 0.1) is 5.82 Å². The maximum Gasteiger partial charge on any atom is 0.180 e. The number of benzene rings is 1. The molecule has 1 heterocycles. The van der Waals surface area contributed by atoms with Crippen molar-refractivity contribution in [2.75, 3.05) is 5.75 Å². The van der Waals surface area contributed by atoms with Gasteiger partial charge in [0.05, 0.1) is 10.6 Å². The van der Waals surface area contributed by atoms with E-state index < -0.39 is 15.7 Å². The average Bonchev–Trinajstić information content (AvgIpc) is 2.80. The summed E-state index contributed by atoms with van der Waals surface area (Å²) in [7, 11) is -3.40. The molecule has 1 aromatic carbocycles. The lowest BCUT2D eigenvalue weighted by atomic mass is 10.4. The van der Waals surface area contributed by atoms with E-state index in [0.29, 0.717) is 0 Å². The van der Waals surface area contributed by atoms with Gasteiger partial charge in [-0.3, -0.25) is 0 Å². The molecule has 0 fully saturated rings.